The summed E-state index contributed by atoms with van der Waals surface area (Å²) in [5.74, 6) is 0.539. The van der Waals surface area contributed by atoms with Crippen molar-refractivity contribution in [3.8, 4) is 11.5 Å². The molecule has 1 N–H and O–H groups in total. The standard InChI is InChI=1S/C26H35N5O6/c1-4-27-25(33)31-11-9-30(10-12-31)24(32)19-17-28-20-16-22(35-3)21(34-2)15-18(20)23(19)29-7-5-26(6-8-29)36-13-14-37-26/h15-17H,4-14H2,1-3H3,(H,27,33). The highest BCUT2D eigenvalue weighted by Gasteiger charge is 2.41. The number of anilines is 1. The molecule has 2 aromatic rings. The Labute approximate surface area is 216 Å². The molecule has 1 aromatic carbocycles. The highest BCUT2D eigenvalue weighted by molar-refractivity contribution is 6.08. The summed E-state index contributed by atoms with van der Waals surface area (Å²) in [6, 6.07) is 3.64. The Hall–Kier alpha value is -3.31. The van der Waals surface area contributed by atoms with Crippen LogP contribution in [0.5, 0.6) is 11.5 Å². The van der Waals surface area contributed by atoms with E-state index in [1.807, 2.05) is 19.1 Å². The second kappa shape index (κ2) is 10.6. The Balaban J connectivity index is 1.48. The van der Waals surface area contributed by atoms with Crippen molar-refractivity contribution < 1.29 is 28.5 Å². The van der Waals surface area contributed by atoms with Gasteiger partial charge in [-0.1, -0.05) is 0 Å². The number of rotatable bonds is 5. The summed E-state index contributed by atoms with van der Waals surface area (Å²) >= 11 is 0. The molecule has 3 amide bonds. The number of nitrogens with zero attached hydrogens (tertiary/aromatic N) is 4. The largest absolute Gasteiger partial charge is 0.493 e. The molecule has 1 spiro atoms. The third-order valence-corrected chi connectivity index (χ3v) is 7.41. The first-order chi connectivity index (χ1) is 18.0. The predicted octanol–water partition coefficient (Wildman–Crippen LogP) is 2.08. The zero-order valence-corrected chi connectivity index (χ0v) is 21.7. The van der Waals surface area contributed by atoms with E-state index in [1.165, 1.54) is 0 Å². The molecule has 3 aliphatic heterocycles. The van der Waals surface area contributed by atoms with Crippen LogP contribution < -0.4 is 19.7 Å². The number of pyridine rings is 1. The molecule has 0 unspecified atom stereocenters. The van der Waals surface area contributed by atoms with Gasteiger partial charge in [0.1, 0.15) is 0 Å². The van der Waals surface area contributed by atoms with Gasteiger partial charge >= 0.3 is 6.03 Å². The lowest BCUT2D eigenvalue weighted by atomic mass is 9.99. The number of piperazine rings is 1. The lowest BCUT2D eigenvalue weighted by Gasteiger charge is -2.40. The summed E-state index contributed by atoms with van der Waals surface area (Å²) in [6.07, 6.45) is 3.08. The second-order valence-electron chi connectivity index (χ2n) is 9.45. The van der Waals surface area contributed by atoms with Crippen molar-refractivity contribution in [1.82, 2.24) is 20.1 Å². The minimum atomic E-state index is -0.528. The van der Waals surface area contributed by atoms with E-state index in [0.717, 1.165) is 16.6 Å². The van der Waals surface area contributed by atoms with Crippen molar-refractivity contribution in [2.45, 2.75) is 25.6 Å². The fraction of sp³-hybridized carbons (Fsp3) is 0.577. The number of methoxy groups -OCH3 is 2. The fourth-order valence-electron chi connectivity index (χ4n) is 5.40. The quantitative estimate of drug-likeness (QED) is 0.648. The van der Waals surface area contributed by atoms with E-state index < -0.39 is 5.79 Å². The summed E-state index contributed by atoms with van der Waals surface area (Å²) in [5, 5.41) is 3.66. The smallest absolute Gasteiger partial charge is 0.317 e. The molecular weight excluding hydrogens is 478 g/mol. The molecule has 1 aromatic heterocycles. The Morgan fingerprint density at radius 2 is 1.59 bits per heavy atom. The maximum absolute atomic E-state index is 13.9. The molecular formula is C26H35N5O6. The first-order valence-corrected chi connectivity index (χ1v) is 12.9. The minimum Gasteiger partial charge on any atom is -0.493 e. The predicted molar refractivity (Wildman–Crippen MR) is 137 cm³/mol. The van der Waals surface area contributed by atoms with Crippen molar-refractivity contribution in [2.24, 2.45) is 0 Å². The van der Waals surface area contributed by atoms with Crippen LogP contribution in [0.25, 0.3) is 10.9 Å². The number of hydrogen-bond acceptors (Lipinski definition) is 8. The van der Waals surface area contributed by atoms with Crippen LogP contribution in [0.4, 0.5) is 10.5 Å². The molecule has 200 valence electrons. The molecule has 0 atom stereocenters. The van der Waals surface area contributed by atoms with Gasteiger partial charge in [0.2, 0.25) is 0 Å². The molecule has 3 saturated heterocycles. The first-order valence-electron chi connectivity index (χ1n) is 12.9. The van der Waals surface area contributed by atoms with Gasteiger partial charge in [-0.2, -0.15) is 0 Å². The third kappa shape index (κ3) is 4.85. The number of fused-ring (bicyclic) bond motifs is 1. The molecule has 3 aliphatic rings. The minimum absolute atomic E-state index is 0.0941. The summed E-state index contributed by atoms with van der Waals surface area (Å²) in [4.78, 5) is 36.5. The Kier molecular flexibility index (Phi) is 7.25. The molecule has 0 aliphatic carbocycles. The molecule has 3 fully saturated rings. The third-order valence-electron chi connectivity index (χ3n) is 7.41. The van der Waals surface area contributed by atoms with Crippen LogP contribution >= 0.6 is 0 Å². The van der Waals surface area contributed by atoms with Gasteiger partial charge in [-0.3, -0.25) is 9.78 Å². The maximum atomic E-state index is 13.9. The number of carbonyl (C=O) groups excluding carboxylic acids is 2. The van der Waals surface area contributed by atoms with E-state index in [0.29, 0.717) is 88.9 Å². The van der Waals surface area contributed by atoms with E-state index in [2.05, 4.69) is 15.2 Å². The zero-order valence-electron chi connectivity index (χ0n) is 21.7. The number of urea groups is 1. The summed E-state index contributed by atoms with van der Waals surface area (Å²) < 4.78 is 22.9. The normalized spacial score (nSPS) is 19.4. The van der Waals surface area contributed by atoms with Gasteiger partial charge in [-0.05, 0) is 13.0 Å². The lowest BCUT2D eigenvalue weighted by Crippen LogP contribution is -2.53. The molecule has 0 bridgehead atoms. The number of aromatic nitrogens is 1. The van der Waals surface area contributed by atoms with Crippen LogP contribution in [0.2, 0.25) is 0 Å². The van der Waals surface area contributed by atoms with Crippen LogP contribution in [-0.2, 0) is 9.47 Å². The molecule has 0 radical (unpaired) electrons. The summed E-state index contributed by atoms with van der Waals surface area (Å²) in [6.45, 7) is 6.95. The van der Waals surface area contributed by atoms with Gasteiger partial charge in [0.25, 0.3) is 5.91 Å². The molecule has 11 nitrogen and oxygen atoms in total. The van der Waals surface area contributed by atoms with Crippen LogP contribution in [0, 0.1) is 0 Å². The van der Waals surface area contributed by atoms with Crippen LogP contribution in [0.15, 0.2) is 18.3 Å². The van der Waals surface area contributed by atoms with E-state index >= 15 is 0 Å². The Morgan fingerprint density at radius 3 is 2.22 bits per heavy atom. The van der Waals surface area contributed by atoms with Gasteiger partial charge in [0.05, 0.1) is 44.2 Å². The van der Waals surface area contributed by atoms with Crippen molar-refractivity contribution in [1.29, 1.82) is 0 Å². The second-order valence-corrected chi connectivity index (χ2v) is 9.45. The number of nitrogens with one attached hydrogen (secondary N) is 1. The summed E-state index contributed by atoms with van der Waals surface area (Å²) in [5.41, 5.74) is 2.09. The molecule has 11 heteroatoms. The Morgan fingerprint density at radius 1 is 0.973 bits per heavy atom. The summed E-state index contributed by atoms with van der Waals surface area (Å²) in [7, 11) is 3.19. The van der Waals surface area contributed by atoms with E-state index in [-0.39, 0.29) is 11.9 Å². The lowest BCUT2D eigenvalue weighted by molar-refractivity contribution is -0.169. The number of hydrogen-bond donors (Lipinski definition) is 1. The number of ether oxygens (including phenoxy) is 4. The average molecular weight is 514 g/mol. The molecule has 0 saturated carbocycles. The van der Waals surface area contributed by atoms with E-state index in [4.69, 9.17) is 18.9 Å². The van der Waals surface area contributed by atoms with E-state index in [9.17, 15) is 9.59 Å². The first kappa shape index (κ1) is 25.3. The fourth-order valence-corrected chi connectivity index (χ4v) is 5.40. The number of amides is 3. The van der Waals surface area contributed by atoms with Gasteiger partial charge in [-0.15, -0.1) is 0 Å². The van der Waals surface area contributed by atoms with Crippen LogP contribution in [0.3, 0.4) is 0 Å². The zero-order chi connectivity index (χ0) is 26.0. The van der Waals surface area contributed by atoms with Crippen molar-refractivity contribution >= 4 is 28.5 Å². The van der Waals surface area contributed by atoms with Gasteiger partial charge in [0, 0.05) is 76.3 Å². The average Bonchev–Trinajstić information content (AvgIpc) is 3.39. The number of benzene rings is 1. The van der Waals surface area contributed by atoms with Crippen LogP contribution in [-0.4, -0.2) is 106 Å². The molecule has 37 heavy (non-hydrogen) atoms. The van der Waals surface area contributed by atoms with Crippen molar-refractivity contribution in [3.05, 3.63) is 23.9 Å². The Bertz CT molecular complexity index is 1150. The number of piperidine rings is 1. The van der Waals surface area contributed by atoms with Crippen LogP contribution in [0.1, 0.15) is 30.1 Å². The van der Waals surface area contributed by atoms with Gasteiger partial charge < -0.3 is 39.0 Å². The maximum Gasteiger partial charge on any atom is 0.317 e. The molecule has 4 heterocycles. The monoisotopic (exact) mass is 513 g/mol. The van der Waals surface area contributed by atoms with Gasteiger partial charge in [-0.25, -0.2) is 4.79 Å². The highest BCUT2D eigenvalue weighted by Crippen LogP contribution is 2.41. The van der Waals surface area contributed by atoms with Crippen molar-refractivity contribution in [3.63, 3.8) is 0 Å². The van der Waals surface area contributed by atoms with Crippen molar-refractivity contribution in [2.75, 3.05) is 78.1 Å². The van der Waals surface area contributed by atoms with Gasteiger partial charge in [0.15, 0.2) is 17.3 Å². The van der Waals surface area contributed by atoms with E-state index in [1.54, 1.807) is 30.2 Å². The highest BCUT2D eigenvalue weighted by atomic mass is 16.7. The number of carbonyl (C=O) groups is 2. The SMILES string of the molecule is CCNC(=O)N1CCN(C(=O)c2cnc3cc(OC)c(OC)cc3c2N2CCC3(CC2)OCCO3)CC1. The topological polar surface area (TPSA) is 106 Å². The molecule has 5 rings (SSSR count).